The fourth-order valence-electron chi connectivity index (χ4n) is 3.87. The standard InChI is InChI=1S/C21H30N2O5/c1-5-8-22-20(24)16-12-23(21(25)13-6-7-13)11-15(16)14-9-17(26-2)19(28-4)18(10-14)27-3/h9-10,13,15-16H,5-8,11-12H2,1-4H3,(H,22,24). The monoisotopic (exact) mass is 390 g/mol. The summed E-state index contributed by atoms with van der Waals surface area (Å²) in [6, 6.07) is 3.77. The number of hydrogen-bond donors (Lipinski definition) is 1. The summed E-state index contributed by atoms with van der Waals surface area (Å²) in [5, 5.41) is 2.99. The van der Waals surface area contributed by atoms with Gasteiger partial charge in [0.1, 0.15) is 0 Å². The molecule has 0 bridgehead atoms. The molecule has 7 nitrogen and oxygen atoms in total. The zero-order valence-corrected chi connectivity index (χ0v) is 17.1. The third-order valence-corrected chi connectivity index (χ3v) is 5.56. The largest absolute Gasteiger partial charge is 0.493 e. The Labute approximate surface area is 166 Å². The Hall–Kier alpha value is -2.44. The van der Waals surface area contributed by atoms with Gasteiger partial charge in [0.05, 0.1) is 27.2 Å². The Morgan fingerprint density at radius 2 is 1.71 bits per heavy atom. The summed E-state index contributed by atoms with van der Waals surface area (Å²) >= 11 is 0. The number of amides is 2. The third-order valence-electron chi connectivity index (χ3n) is 5.56. The first-order valence-electron chi connectivity index (χ1n) is 9.90. The van der Waals surface area contributed by atoms with Crippen molar-refractivity contribution in [1.29, 1.82) is 0 Å². The highest BCUT2D eigenvalue weighted by atomic mass is 16.5. The Morgan fingerprint density at radius 1 is 1.07 bits per heavy atom. The van der Waals surface area contributed by atoms with Crippen molar-refractivity contribution in [2.75, 3.05) is 41.0 Å². The van der Waals surface area contributed by atoms with E-state index >= 15 is 0 Å². The van der Waals surface area contributed by atoms with E-state index in [2.05, 4.69) is 5.32 Å². The van der Waals surface area contributed by atoms with Gasteiger partial charge < -0.3 is 24.4 Å². The van der Waals surface area contributed by atoms with Crippen LogP contribution in [0, 0.1) is 11.8 Å². The van der Waals surface area contributed by atoms with Gasteiger partial charge in [-0.3, -0.25) is 9.59 Å². The van der Waals surface area contributed by atoms with Gasteiger partial charge in [-0.1, -0.05) is 6.92 Å². The summed E-state index contributed by atoms with van der Waals surface area (Å²) in [5.41, 5.74) is 0.914. The van der Waals surface area contributed by atoms with Gasteiger partial charge in [-0.2, -0.15) is 0 Å². The van der Waals surface area contributed by atoms with E-state index in [1.165, 1.54) is 0 Å². The molecule has 1 aliphatic carbocycles. The van der Waals surface area contributed by atoms with Crippen LogP contribution in [0.1, 0.15) is 37.7 Å². The smallest absolute Gasteiger partial charge is 0.225 e. The molecule has 2 unspecified atom stereocenters. The predicted molar refractivity (Wildman–Crippen MR) is 105 cm³/mol. The first kappa shape index (κ1) is 20.3. The minimum atomic E-state index is -0.294. The highest BCUT2D eigenvalue weighted by Gasteiger charge is 2.44. The highest BCUT2D eigenvalue weighted by molar-refractivity contribution is 5.85. The Kier molecular flexibility index (Phi) is 6.31. The summed E-state index contributed by atoms with van der Waals surface area (Å²) in [6.07, 6.45) is 2.78. The molecule has 1 aliphatic heterocycles. The zero-order valence-electron chi connectivity index (χ0n) is 17.1. The molecular weight excluding hydrogens is 360 g/mol. The van der Waals surface area contributed by atoms with E-state index in [4.69, 9.17) is 14.2 Å². The van der Waals surface area contributed by atoms with Crippen molar-refractivity contribution < 1.29 is 23.8 Å². The van der Waals surface area contributed by atoms with E-state index in [1.54, 1.807) is 21.3 Å². The van der Waals surface area contributed by atoms with Crippen molar-refractivity contribution in [2.45, 2.75) is 32.1 Å². The molecule has 3 rings (SSSR count). The van der Waals surface area contributed by atoms with Gasteiger partial charge >= 0.3 is 0 Å². The van der Waals surface area contributed by atoms with Crippen molar-refractivity contribution in [3.8, 4) is 17.2 Å². The number of nitrogens with zero attached hydrogens (tertiary/aromatic N) is 1. The highest BCUT2D eigenvalue weighted by Crippen LogP contribution is 2.44. The maximum atomic E-state index is 12.8. The molecule has 1 aromatic carbocycles. The van der Waals surface area contributed by atoms with Crippen molar-refractivity contribution >= 4 is 11.8 Å². The second-order valence-electron chi connectivity index (χ2n) is 7.48. The number of benzene rings is 1. The number of rotatable bonds is 8. The van der Waals surface area contributed by atoms with E-state index in [0.717, 1.165) is 24.8 Å². The molecule has 1 heterocycles. The Bertz CT molecular complexity index is 707. The van der Waals surface area contributed by atoms with Crippen LogP contribution < -0.4 is 19.5 Å². The summed E-state index contributed by atoms with van der Waals surface area (Å²) in [6.45, 7) is 3.63. The van der Waals surface area contributed by atoms with Gasteiger partial charge in [0, 0.05) is 31.5 Å². The van der Waals surface area contributed by atoms with Crippen LogP contribution in [0.15, 0.2) is 12.1 Å². The average molecular weight is 390 g/mol. The quantitative estimate of drug-likeness (QED) is 0.736. The van der Waals surface area contributed by atoms with Gasteiger partial charge in [0.2, 0.25) is 17.6 Å². The molecule has 2 aliphatic rings. The number of carbonyl (C=O) groups excluding carboxylic acids is 2. The minimum absolute atomic E-state index is 0.00769. The summed E-state index contributed by atoms with van der Waals surface area (Å²) in [4.78, 5) is 27.3. The van der Waals surface area contributed by atoms with E-state index in [1.807, 2.05) is 24.0 Å². The molecule has 0 aromatic heterocycles. The van der Waals surface area contributed by atoms with Crippen molar-refractivity contribution in [2.24, 2.45) is 11.8 Å². The first-order valence-corrected chi connectivity index (χ1v) is 9.90. The molecule has 7 heteroatoms. The van der Waals surface area contributed by atoms with E-state index in [9.17, 15) is 9.59 Å². The molecule has 1 saturated carbocycles. The van der Waals surface area contributed by atoms with Crippen molar-refractivity contribution in [1.82, 2.24) is 10.2 Å². The van der Waals surface area contributed by atoms with Gasteiger partial charge in [-0.25, -0.2) is 0 Å². The number of ether oxygens (including phenoxy) is 3. The number of hydrogen-bond acceptors (Lipinski definition) is 5. The number of carbonyl (C=O) groups is 2. The first-order chi connectivity index (χ1) is 13.5. The number of likely N-dealkylation sites (tertiary alicyclic amines) is 1. The van der Waals surface area contributed by atoms with Gasteiger partial charge in [-0.15, -0.1) is 0 Å². The summed E-state index contributed by atoms with van der Waals surface area (Å²) in [5.74, 6) is 1.51. The van der Waals surface area contributed by atoms with Crippen molar-refractivity contribution in [3.63, 3.8) is 0 Å². The van der Waals surface area contributed by atoms with Crippen LogP contribution in [0.2, 0.25) is 0 Å². The molecule has 0 radical (unpaired) electrons. The molecule has 2 amide bonds. The molecule has 1 N–H and O–H groups in total. The van der Waals surface area contributed by atoms with E-state index < -0.39 is 0 Å². The zero-order chi connectivity index (χ0) is 20.3. The van der Waals surface area contributed by atoms with E-state index in [0.29, 0.717) is 36.9 Å². The minimum Gasteiger partial charge on any atom is -0.493 e. The Balaban J connectivity index is 1.93. The van der Waals surface area contributed by atoms with Crippen LogP contribution in [0.5, 0.6) is 17.2 Å². The molecule has 0 spiro atoms. The molecular formula is C21H30N2O5. The van der Waals surface area contributed by atoms with Gasteiger partial charge in [0.25, 0.3) is 0 Å². The molecule has 28 heavy (non-hydrogen) atoms. The molecule has 1 aromatic rings. The summed E-state index contributed by atoms with van der Waals surface area (Å²) in [7, 11) is 4.71. The van der Waals surface area contributed by atoms with Crippen LogP contribution in [0.25, 0.3) is 0 Å². The third kappa shape index (κ3) is 4.03. The number of nitrogens with one attached hydrogen (secondary N) is 1. The maximum absolute atomic E-state index is 12.8. The lowest BCUT2D eigenvalue weighted by molar-refractivity contribution is -0.132. The topological polar surface area (TPSA) is 77.1 Å². The van der Waals surface area contributed by atoms with E-state index in [-0.39, 0.29) is 29.6 Å². The van der Waals surface area contributed by atoms with Gasteiger partial charge in [0.15, 0.2) is 11.5 Å². The van der Waals surface area contributed by atoms with Crippen LogP contribution in [0.4, 0.5) is 0 Å². The van der Waals surface area contributed by atoms with Crippen LogP contribution in [-0.2, 0) is 9.59 Å². The summed E-state index contributed by atoms with van der Waals surface area (Å²) < 4.78 is 16.4. The average Bonchev–Trinajstić information content (AvgIpc) is 3.48. The maximum Gasteiger partial charge on any atom is 0.225 e. The van der Waals surface area contributed by atoms with Crippen LogP contribution in [-0.4, -0.2) is 57.7 Å². The number of methoxy groups -OCH3 is 3. The SMILES string of the molecule is CCCNC(=O)C1CN(C(=O)C2CC2)CC1c1cc(OC)c(OC)c(OC)c1. The second-order valence-corrected chi connectivity index (χ2v) is 7.48. The Morgan fingerprint density at radius 3 is 2.21 bits per heavy atom. The van der Waals surface area contributed by atoms with Gasteiger partial charge in [-0.05, 0) is 37.0 Å². The second kappa shape index (κ2) is 8.71. The normalized spacial score (nSPS) is 21.4. The molecule has 1 saturated heterocycles. The van der Waals surface area contributed by atoms with Crippen molar-refractivity contribution in [3.05, 3.63) is 17.7 Å². The molecule has 154 valence electrons. The van der Waals surface area contributed by atoms with Crippen LogP contribution in [0.3, 0.4) is 0 Å². The fraction of sp³-hybridized carbons (Fsp3) is 0.619. The lowest BCUT2D eigenvalue weighted by Gasteiger charge is -2.21. The molecule has 2 atom stereocenters. The predicted octanol–water partition coefficient (Wildman–Crippen LogP) is 2.19. The lowest BCUT2D eigenvalue weighted by atomic mass is 9.88. The van der Waals surface area contributed by atoms with Crippen LogP contribution >= 0.6 is 0 Å². The molecule has 2 fully saturated rings. The lowest BCUT2D eigenvalue weighted by Crippen LogP contribution is -2.36. The fourth-order valence-corrected chi connectivity index (χ4v) is 3.87.